The summed E-state index contributed by atoms with van der Waals surface area (Å²) >= 11 is 6.14. The van der Waals surface area contributed by atoms with Gasteiger partial charge in [0.05, 0.1) is 18.5 Å². The maximum absolute atomic E-state index is 12.1. The Morgan fingerprint density at radius 1 is 1.19 bits per heavy atom. The monoisotopic (exact) mass is 371 g/mol. The molecule has 0 aliphatic rings. The van der Waals surface area contributed by atoms with Gasteiger partial charge >= 0.3 is 0 Å². The molecule has 1 heterocycles. The molecule has 0 spiro atoms. The van der Waals surface area contributed by atoms with Gasteiger partial charge in [-0.25, -0.2) is 4.68 Å². The predicted molar refractivity (Wildman–Crippen MR) is 99.9 cm³/mol. The molecule has 0 unspecified atom stereocenters. The average molecular weight is 372 g/mol. The number of hydrogen-bond donors (Lipinski definition) is 1. The van der Waals surface area contributed by atoms with E-state index in [9.17, 15) is 4.79 Å². The van der Waals surface area contributed by atoms with Crippen LogP contribution in [0.1, 0.15) is 5.56 Å². The molecule has 7 heteroatoms. The Labute approximate surface area is 156 Å². The van der Waals surface area contributed by atoms with Crippen LogP contribution in [-0.4, -0.2) is 29.4 Å². The molecule has 3 rings (SSSR count). The second kappa shape index (κ2) is 8.51. The minimum atomic E-state index is -0.301. The Morgan fingerprint density at radius 3 is 2.77 bits per heavy atom. The van der Waals surface area contributed by atoms with E-state index in [4.69, 9.17) is 21.1 Å². The topological polar surface area (TPSA) is 65.4 Å². The van der Waals surface area contributed by atoms with Crippen molar-refractivity contribution >= 4 is 23.2 Å². The van der Waals surface area contributed by atoms with Gasteiger partial charge in [-0.15, -0.1) is 5.10 Å². The van der Waals surface area contributed by atoms with Gasteiger partial charge in [0, 0.05) is 12.8 Å². The lowest BCUT2D eigenvalue weighted by molar-refractivity contribution is -0.118. The summed E-state index contributed by atoms with van der Waals surface area (Å²) in [6.45, 7) is 0.284. The van der Waals surface area contributed by atoms with Crippen molar-refractivity contribution in [3.63, 3.8) is 0 Å². The standard InChI is InChI=1S/C19H18ClN3O3/c1-25-12-14-6-5-7-15(10-14)21-18(24)13-26-19-17(20)11-23(22-19)16-8-3-2-4-9-16/h2-11H,12-13H2,1H3,(H,21,24). The maximum atomic E-state index is 12.1. The molecule has 1 aromatic heterocycles. The molecule has 2 aromatic carbocycles. The highest BCUT2D eigenvalue weighted by atomic mass is 35.5. The number of para-hydroxylation sites is 1. The lowest BCUT2D eigenvalue weighted by Crippen LogP contribution is -2.20. The maximum Gasteiger partial charge on any atom is 0.262 e. The van der Waals surface area contributed by atoms with Crippen LogP contribution in [0.4, 0.5) is 5.69 Å². The van der Waals surface area contributed by atoms with Crippen molar-refractivity contribution in [1.29, 1.82) is 0 Å². The molecule has 0 fully saturated rings. The number of rotatable bonds is 7. The average Bonchev–Trinajstić information content (AvgIpc) is 3.02. The summed E-state index contributed by atoms with van der Waals surface area (Å²) in [5.41, 5.74) is 2.49. The van der Waals surface area contributed by atoms with E-state index in [1.54, 1.807) is 24.1 Å². The first-order chi connectivity index (χ1) is 12.7. The van der Waals surface area contributed by atoms with E-state index < -0.39 is 0 Å². The Hall–Kier alpha value is -2.83. The number of aromatic nitrogens is 2. The molecule has 0 bridgehead atoms. The number of methoxy groups -OCH3 is 1. The van der Waals surface area contributed by atoms with Crippen molar-refractivity contribution in [3.8, 4) is 11.6 Å². The van der Waals surface area contributed by atoms with E-state index in [0.717, 1.165) is 11.3 Å². The van der Waals surface area contributed by atoms with Crippen molar-refractivity contribution in [1.82, 2.24) is 9.78 Å². The molecule has 0 saturated heterocycles. The Bertz CT molecular complexity index is 881. The van der Waals surface area contributed by atoms with Crippen LogP contribution in [0.2, 0.25) is 5.02 Å². The van der Waals surface area contributed by atoms with Crippen LogP contribution >= 0.6 is 11.6 Å². The predicted octanol–water partition coefficient (Wildman–Crippen LogP) is 3.69. The lowest BCUT2D eigenvalue weighted by Gasteiger charge is -2.08. The molecule has 0 aliphatic heterocycles. The second-order valence-electron chi connectivity index (χ2n) is 5.53. The quantitative estimate of drug-likeness (QED) is 0.688. The third-order valence-corrected chi connectivity index (χ3v) is 3.78. The van der Waals surface area contributed by atoms with Gasteiger partial charge in [-0.05, 0) is 29.8 Å². The van der Waals surface area contributed by atoms with E-state index >= 15 is 0 Å². The molecule has 1 amide bonds. The van der Waals surface area contributed by atoms with Crippen molar-refractivity contribution in [2.45, 2.75) is 6.61 Å². The van der Waals surface area contributed by atoms with Gasteiger partial charge in [0.15, 0.2) is 6.61 Å². The summed E-state index contributed by atoms with van der Waals surface area (Å²) in [5.74, 6) is -0.0938. The number of carbonyl (C=O) groups is 1. The third-order valence-electron chi connectivity index (χ3n) is 3.52. The van der Waals surface area contributed by atoms with E-state index in [1.165, 1.54) is 0 Å². The summed E-state index contributed by atoms with van der Waals surface area (Å²) in [5, 5.41) is 7.37. The van der Waals surface area contributed by atoms with Gasteiger partial charge in [0.1, 0.15) is 5.02 Å². The third kappa shape index (κ3) is 4.62. The zero-order valence-corrected chi connectivity index (χ0v) is 14.9. The number of amides is 1. The Kier molecular flexibility index (Phi) is 5.88. The fourth-order valence-electron chi connectivity index (χ4n) is 2.38. The van der Waals surface area contributed by atoms with Crippen LogP contribution in [0.3, 0.4) is 0 Å². The highest BCUT2D eigenvalue weighted by Crippen LogP contribution is 2.24. The van der Waals surface area contributed by atoms with Crippen LogP contribution in [0.5, 0.6) is 5.88 Å². The van der Waals surface area contributed by atoms with Crippen LogP contribution in [0, 0.1) is 0 Å². The minimum absolute atomic E-state index is 0.194. The summed E-state index contributed by atoms with van der Waals surface area (Å²) in [7, 11) is 1.62. The molecule has 0 saturated carbocycles. The second-order valence-corrected chi connectivity index (χ2v) is 5.94. The summed E-state index contributed by atoms with van der Waals surface area (Å²) in [6.07, 6.45) is 1.64. The van der Waals surface area contributed by atoms with Crippen LogP contribution in [-0.2, 0) is 16.1 Å². The molecule has 6 nitrogen and oxygen atoms in total. The van der Waals surface area contributed by atoms with Gasteiger partial charge in [-0.1, -0.05) is 41.9 Å². The van der Waals surface area contributed by atoms with Crippen LogP contribution < -0.4 is 10.1 Å². The zero-order valence-electron chi connectivity index (χ0n) is 14.2. The van der Waals surface area contributed by atoms with Crippen molar-refractivity contribution in [3.05, 3.63) is 71.4 Å². The normalized spacial score (nSPS) is 10.5. The van der Waals surface area contributed by atoms with E-state index in [2.05, 4.69) is 10.4 Å². The summed E-state index contributed by atoms with van der Waals surface area (Å²) in [6, 6.07) is 16.9. The molecule has 0 aliphatic carbocycles. The van der Waals surface area contributed by atoms with Gasteiger partial charge in [0.25, 0.3) is 11.8 Å². The van der Waals surface area contributed by atoms with Gasteiger partial charge in [-0.2, -0.15) is 0 Å². The van der Waals surface area contributed by atoms with Crippen molar-refractivity contribution in [2.75, 3.05) is 19.0 Å². The van der Waals surface area contributed by atoms with E-state index in [-0.39, 0.29) is 18.4 Å². The van der Waals surface area contributed by atoms with Gasteiger partial charge < -0.3 is 14.8 Å². The Balaban J connectivity index is 1.60. The molecule has 26 heavy (non-hydrogen) atoms. The SMILES string of the molecule is COCc1cccc(NC(=O)COc2nn(-c3ccccc3)cc2Cl)c1. The zero-order chi connectivity index (χ0) is 18.4. The Morgan fingerprint density at radius 2 is 2.00 bits per heavy atom. The molecule has 1 N–H and O–H groups in total. The smallest absolute Gasteiger partial charge is 0.262 e. The van der Waals surface area contributed by atoms with Crippen LogP contribution in [0.25, 0.3) is 5.69 Å². The van der Waals surface area contributed by atoms with E-state index in [1.807, 2.05) is 48.5 Å². The first-order valence-corrected chi connectivity index (χ1v) is 8.34. The number of halogens is 1. The van der Waals surface area contributed by atoms with Gasteiger partial charge in [0.2, 0.25) is 0 Å². The molecular formula is C19H18ClN3O3. The fourth-order valence-corrected chi connectivity index (χ4v) is 2.57. The summed E-state index contributed by atoms with van der Waals surface area (Å²) < 4.78 is 12.1. The first kappa shape index (κ1) is 18.0. The highest BCUT2D eigenvalue weighted by Gasteiger charge is 2.12. The number of nitrogens with zero attached hydrogens (tertiary/aromatic N) is 2. The minimum Gasteiger partial charge on any atom is -0.465 e. The van der Waals surface area contributed by atoms with Crippen molar-refractivity contribution in [2.24, 2.45) is 0 Å². The molecular weight excluding hydrogens is 354 g/mol. The van der Waals surface area contributed by atoms with Crippen molar-refractivity contribution < 1.29 is 14.3 Å². The number of benzene rings is 2. The number of ether oxygens (including phenoxy) is 2. The molecule has 134 valence electrons. The number of hydrogen-bond acceptors (Lipinski definition) is 4. The van der Waals surface area contributed by atoms with Gasteiger partial charge in [-0.3, -0.25) is 4.79 Å². The molecule has 0 atom stereocenters. The van der Waals surface area contributed by atoms with E-state index in [0.29, 0.717) is 17.3 Å². The number of nitrogens with one attached hydrogen (secondary N) is 1. The highest BCUT2D eigenvalue weighted by molar-refractivity contribution is 6.31. The summed E-state index contributed by atoms with van der Waals surface area (Å²) in [4.78, 5) is 12.1. The fraction of sp³-hybridized carbons (Fsp3) is 0.158. The number of anilines is 1. The number of carbonyl (C=O) groups excluding carboxylic acids is 1. The first-order valence-electron chi connectivity index (χ1n) is 7.97. The largest absolute Gasteiger partial charge is 0.465 e. The molecule has 3 aromatic rings. The van der Waals surface area contributed by atoms with Crippen LogP contribution in [0.15, 0.2) is 60.8 Å². The molecule has 0 radical (unpaired) electrons. The lowest BCUT2D eigenvalue weighted by atomic mass is 10.2.